The predicted molar refractivity (Wildman–Crippen MR) is 47.2 cm³/mol. The monoisotopic (exact) mass is 196 g/mol. The number of ether oxygens (including phenoxy) is 2. The summed E-state index contributed by atoms with van der Waals surface area (Å²) in [6.45, 7) is 0.432. The Kier molecular flexibility index (Phi) is 2.27. The number of fused-ring (bicyclic) bond motifs is 1. The van der Waals surface area contributed by atoms with Crippen molar-refractivity contribution in [3.8, 4) is 0 Å². The molecule has 2 rings (SSSR count). The van der Waals surface area contributed by atoms with Crippen LogP contribution in [0, 0.1) is 17.8 Å². The molecular formula is C10H12O4. The predicted octanol–water partition coefficient (Wildman–Crippen LogP) is 0.525. The molecule has 1 heterocycles. The van der Waals surface area contributed by atoms with Crippen LogP contribution in [-0.4, -0.2) is 25.7 Å². The number of hydrogen-bond acceptors (Lipinski definition) is 4. The van der Waals surface area contributed by atoms with Crippen molar-refractivity contribution in [2.24, 2.45) is 17.8 Å². The summed E-state index contributed by atoms with van der Waals surface area (Å²) < 4.78 is 9.59. The summed E-state index contributed by atoms with van der Waals surface area (Å²) in [7, 11) is 1.33. The number of carbonyl (C=O) groups excluding carboxylic acids is 2. The second kappa shape index (κ2) is 3.44. The van der Waals surface area contributed by atoms with Crippen LogP contribution in [0.4, 0.5) is 0 Å². The van der Waals surface area contributed by atoms with Gasteiger partial charge in [0.2, 0.25) is 0 Å². The summed E-state index contributed by atoms with van der Waals surface area (Å²) in [5.74, 6) is -1.25. The highest BCUT2D eigenvalue weighted by Crippen LogP contribution is 2.36. The zero-order chi connectivity index (χ0) is 10.1. The van der Waals surface area contributed by atoms with E-state index in [1.165, 1.54) is 7.11 Å². The molecule has 0 N–H and O–H groups in total. The molecule has 0 aromatic rings. The molecule has 14 heavy (non-hydrogen) atoms. The Morgan fingerprint density at radius 1 is 1.64 bits per heavy atom. The Bertz CT molecular complexity index is 294. The molecule has 2 aliphatic rings. The minimum atomic E-state index is -0.450. The molecule has 4 heteroatoms. The van der Waals surface area contributed by atoms with Crippen molar-refractivity contribution in [2.75, 3.05) is 13.7 Å². The van der Waals surface area contributed by atoms with E-state index in [0.717, 1.165) is 6.42 Å². The molecule has 0 bridgehead atoms. The number of rotatable bonds is 1. The summed E-state index contributed by atoms with van der Waals surface area (Å²) >= 11 is 0. The Labute approximate surface area is 81.9 Å². The Balaban J connectivity index is 2.23. The molecule has 0 saturated carbocycles. The maximum atomic E-state index is 11.4. The van der Waals surface area contributed by atoms with Crippen LogP contribution < -0.4 is 0 Å². The van der Waals surface area contributed by atoms with Gasteiger partial charge in [0.05, 0.1) is 25.6 Å². The fraction of sp³-hybridized carbons (Fsp3) is 0.600. The Morgan fingerprint density at radius 2 is 2.43 bits per heavy atom. The molecule has 1 aliphatic heterocycles. The molecule has 0 aromatic heterocycles. The topological polar surface area (TPSA) is 52.6 Å². The van der Waals surface area contributed by atoms with E-state index in [-0.39, 0.29) is 23.8 Å². The van der Waals surface area contributed by atoms with Crippen LogP contribution in [0.2, 0.25) is 0 Å². The molecule has 1 fully saturated rings. The van der Waals surface area contributed by atoms with Gasteiger partial charge in [0.25, 0.3) is 0 Å². The number of allylic oxidation sites excluding steroid dienone is 1. The fourth-order valence-corrected chi connectivity index (χ4v) is 2.12. The molecule has 3 atom stereocenters. The molecule has 0 unspecified atom stereocenters. The molecule has 0 amide bonds. The van der Waals surface area contributed by atoms with Gasteiger partial charge >= 0.3 is 11.9 Å². The SMILES string of the molecule is COC(=O)[C@@H]1C=CC[C@H]2COC(=O)[C@H]21. The van der Waals surface area contributed by atoms with Crippen LogP contribution in [-0.2, 0) is 19.1 Å². The highest BCUT2D eigenvalue weighted by atomic mass is 16.5. The van der Waals surface area contributed by atoms with E-state index in [4.69, 9.17) is 4.74 Å². The third-order valence-electron chi connectivity index (χ3n) is 2.86. The molecule has 1 aliphatic carbocycles. The zero-order valence-electron chi connectivity index (χ0n) is 7.93. The first kappa shape index (κ1) is 9.24. The third kappa shape index (κ3) is 1.31. The first-order valence-electron chi connectivity index (χ1n) is 4.65. The van der Waals surface area contributed by atoms with Crippen molar-refractivity contribution in [3.05, 3.63) is 12.2 Å². The van der Waals surface area contributed by atoms with Crippen molar-refractivity contribution >= 4 is 11.9 Å². The molecule has 1 saturated heterocycles. The summed E-state index contributed by atoms with van der Waals surface area (Å²) in [5.41, 5.74) is 0. The molecule has 0 radical (unpaired) electrons. The quantitative estimate of drug-likeness (QED) is 0.453. The molecule has 0 aromatic carbocycles. The van der Waals surface area contributed by atoms with Crippen LogP contribution in [0.25, 0.3) is 0 Å². The highest BCUT2D eigenvalue weighted by Gasteiger charge is 2.45. The summed E-state index contributed by atoms with van der Waals surface area (Å²) in [5, 5.41) is 0. The smallest absolute Gasteiger partial charge is 0.313 e. The van der Waals surface area contributed by atoms with Crippen LogP contribution >= 0.6 is 0 Å². The lowest BCUT2D eigenvalue weighted by Crippen LogP contribution is -2.32. The second-order valence-electron chi connectivity index (χ2n) is 3.63. The van der Waals surface area contributed by atoms with Gasteiger partial charge in [0.1, 0.15) is 0 Å². The molecule has 76 valence electrons. The first-order valence-corrected chi connectivity index (χ1v) is 4.65. The Morgan fingerprint density at radius 3 is 3.14 bits per heavy atom. The van der Waals surface area contributed by atoms with Crippen LogP contribution in [0.1, 0.15) is 6.42 Å². The van der Waals surface area contributed by atoms with Crippen LogP contribution in [0.15, 0.2) is 12.2 Å². The van der Waals surface area contributed by atoms with Crippen LogP contribution in [0.5, 0.6) is 0 Å². The summed E-state index contributed by atoms with van der Waals surface area (Å²) in [6.07, 6.45) is 4.48. The number of cyclic esters (lactones) is 1. The van der Waals surface area contributed by atoms with Gasteiger partial charge < -0.3 is 9.47 Å². The van der Waals surface area contributed by atoms with E-state index in [9.17, 15) is 9.59 Å². The maximum absolute atomic E-state index is 11.4. The number of methoxy groups -OCH3 is 1. The maximum Gasteiger partial charge on any atom is 0.313 e. The van der Waals surface area contributed by atoms with Gasteiger partial charge in [-0.2, -0.15) is 0 Å². The lowest BCUT2D eigenvalue weighted by Gasteiger charge is -2.23. The van der Waals surface area contributed by atoms with E-state index in [0.29, 0.717) is 6.61 Å². The van der Waals surface area contributed by atoms with E-state index in [1.807, 2.05) is 6.08 Å². The summed E-state index contributed by atoms with van der Waals surface area (Å²) in [4.78, 5) is 22.7. The van der Waals surface area contributed by atoms with E-state index in [1.54, 1.807) is 6.08 Å². The van der Waals surface area contributed by atoms with E-state index in [2.05, 4.69) is 4.74 Å². The van der Waals surface area contributed by atoms with E-state index >= 15 is 0 Å². The van der Waals surface area contributed by atoms with Crippen molar-refractivity contribution in [1.29, 1.82) is 0 Å². The zero-order valence-corrected chi connectivity index (χ0v) is 7.93. The lowest BCUT2D eigenvalue weighted by atomic mass is 9.78. The minimum absolute atomic E-state index is 0.150. The summed E-state index contributed by atoms with van der Waals surface area (Å²) in [6, 6.07) is 0. The first-order chi connectivity index (χ1) is 6.74. The molecule has 0 spiro atoms. The van der Waals surface area contributed by atoms with Gasteiger partial charge in [-0.1, -0.05) is 12.2 Å². The Hall–Kier alpha value is -1.32. The number of esters is 2. The van der Waals surface area contributed by atoms with Gasteiger partial charge in [-0.3, -0.25) is 9.59 Å². The van der Waals surface area contributed by atoms with Gasteiger partial charge in [0.15, 0.2) is 0 Å². The highest BCUT2D eigenvalue weighted by molar-refractivity contribution is 5.85. The average molecular weight is 196 g/mol. The number of hydrogen-bond donors (Lipinski definition) is 0. The van der Waals surface area contributed by atoms with Crippen molar-refractivity contribution in [1.82, 2.24) is 0 Å². The van der Waals surface area contributed by atoms with Gasteiger partial charge in [-0.25, -0.2) is 0 Å². The minimum Gasteiger partial charge on any atom is -0.469 e. The van der Waals surface area contributed by atoms with Crippen molar-refractivity contribution in [2.45, 2.75) is 6.42 Å². The number of carbonyl (C=O) groups is 2. The second-order valence-corrected chi connectivity index (χ2v) is 3.63. The van der Waals surface area contributed by atoms with E-state index < -0.39 is 5.92 Å². The standard InChI is InChI=1S/C10H12O4/c1-13-9(11)7-4-2-3-6-5-14-10(12)8(6)7/h2,4,6-8H,3,5H2,1H3/t6-,7+,8+/m0/s1. The molecule has 4 nitrogen and oxygen atoms in total. The fourth-order valence-electron chi connectivity index (χ4n) is 2.12. The van der Waals surface area contributed by atoms with Crippen LogP contribution in [0.3, 0.4) is 0 Å². The van der Waals surface area contributed by atoms with Crippen molar-refractivity contribution < 1.29 is 19.1 Å². The third-order valence-corrected chi connectivity index (χ3v) is 2.86. The van der Waals surface area contributed by atoms with Crippen molar-refractivity contribution in [3.63, 3.8) is 0 Å². The average Bonchev–Trinajstić information content (AvgIpc) is 2.59. The molecular weight excluding hydrogens is 184 g/mol. The van der Waals surface area contributed by atoms with Gasteiger partial charge in [-0.05, 0) is 6.42 Å². The van der Waals surface area contributed by atoms with Gasteiger partial charge in [-0.15, -0.1) is 0 Å². The van der Waals surface area contributed by atoms with Gasteiger partial charge in [0, 0.05) is 5.92 Å². The lowest BCUT2D eigenvalue weighted by molar-refractivity contribution is -0.152. The normalized spacial score (nSPS) is 34.9. The largest absolute Gasteiger partial charge is 0.469 e.